The molecule has 2 rings (SSSR count). The van der Waals surface area contributed by atoms with Crippen LogP contribution >= 0.6 is 0 Å². The van der Waals surface area contributed by atoms with Gasteiger partial charge >= 0.3 is 12.0 Å². The summed E-state index contributed by atoms with van der Waals surface area (Å²) in [5, 5.41) is 21.5. The molecule has 0 aromatic carbocycles. The van der Waals surface area contributed by atoms with Crippen LogP contribution in [0.3, 0.4) is 0 Å². The quantitative estimate of drug-likeness (QED) is 0.692. The van der Waals surface area contributed by atoms with Crippen LogP contribution in [0.25, 0.3) is 0 Å². The second kappa shape index (κ2) is 5.77. The Bertz CT molecular complexity index is 353. The molecule has 0 bridgehead atoms. The molecule has 0 aromatic rings. The maximum absolute atomic E-state index is 12.1. The molecule has 0 unspecified atom stereocenters. The first-order valence-electron chi connectivity index (χ1n) is 6.95. The minimum absolute atomic E-state index is 0.103. The number of aliphatic carboxylic acids is 1. The van der Waals surface area contributed by atoms with E-state index in [0.29, 0.717) is 5.92 Å². The third-order valence-electron chi connectivity index (χ3n) is 4.17. The van der Waals surface area contributed by atoms with Gasteiger partial charge in [-0.25, -0.2) is 9.59 Å². The summed E-state index contributed by atoms with van der Waals surface area (Å²) in [7, 11) is 0. The van der Waals surface area contributed by atoms with Gasteiger partial charge in [-0.05, 0) is 31.6 Å². The van der Waals surface area contributed by atoms with Crippen molar-refractivity contribution in [2.45, 2.75) is 57.2 Å². The maximum Gasteiger partial charge on any atom is 0.326 e. The number of nitrogens with one attached hydrogen (secondary N) is 1. The van der Waals surface area contributed by atoms with Gasteiger partial charge < -0.3 is 20.4 Å². The molecule has 2 fully saturated rings. The number of carboxylic acids is 1. The van der Waals surface area contributed by atoms with Gasteiger partial charge in [-0.1, -0.05) is 6.92 Å². The van der Waals surface area contributed by atoms with Crippen LogP contribution in [0.5, 0.6) is 0 Å². The molecular formula is C13H22N2O4. The highest BCUT2D eigenvalue weighted by Gasteiger charge is 2.39. The molecule has 2 amide bonds. The summed E-state index contributed by atoms with van der Waals surface area (Å²) in [5.74, 6) is -0.350. The smallest absolute Gasteiger partial charge is 0.326 e. The molecule has 108 valence electrons. The van der Waals surface area contributed by atoms with Crippen LogP contribution in [0.15, 0.2) is 0 Å². The number of likely N-dealkylation sites (tertiary alicyclic amines) is 1. The van der Waals surface area contributed by atoms with Crippen molar-refractivity contribution < 1.29 is 19.8 Å². The van der Waals surface area contributed by atoms with Crippen molar-refractivity contribution in [2.75, 3.05) is 6.54 Å². The average molecular weight is 270 g/mol. The standard InChI is InChI=1S/C13H22N2O4/c1-8-2-4-9(5-3-8)14-13(19)15-7-10(16)6-11(15)12(17)18/h8-11,16H,2-7H2,1H3,(H,14,19)(H,17,18)/t8?,9?,10-,11-/m0/s1. The van der Waals surface area contributed by atoms with Gasteiger partial charge in [0.1, 0.15) is 6.04 Å². The molecule has 1 saturated carbocycles. The number of urea groups is 1. The van der Waals surface area contributed by atoms with E-state index >= 15 is 0 Å². The fourth-order valence-electron chi connectivity index (χ4n) is 2.93. The summed E-state index contributed by atoms with van der Waals surface area (Å²) in [6, 6.07) is -1.13. The van der Waals surface area contributed by atoms with Crippen molar-refractivity contribution in [3.05, 3.63) is 0 Å². The van der Waals surface area contributed by atoms with Gasteiger partial charge in [0.15, 0.2) is 0 Å². The SMILES string of the molecule is CC1CCC(NC(=O)N2C[C@@H](O)C[C@H]2C(=O)O)CC1. The molecule has 1 aliphatic heterocycles. The molecule has 0 spiro atoms. The highest BCUT2D eigenvalue weighted by atomic mass is 16.4. The number of rotatable bonds is 2. The summed E-state index contributed by atoms with van der Waals surface area (Å²) in [4.78, 5) is 24.4. The second-order valence-electron chi connectivity index (χ2n) is 5.80. The molecule has 6 nitrogen and oxygen atoms in total. The van der Waals surface area contributed by atoms with E-state index in [4.69, 9.17) is 5.11 Å². The number of aliphatic hydroxyl groups is 1. The maximum atomic E-state index is 12.1. The minimum atomic E-state index is -1.05. The Morgan fingerprint density at radius 1 is 1.21 bits per heavy atom. The molecular weight excluding hydrogens is 248 g/mol. The van der Waals surface area contributed by atoms with Crippen LogP contribution in [0.4, 0.5) is 4.79 Å². The van der Waals surface area contributed by atoms with Gasteiger partial charge in [0.25, 0.3) is 0 Å². The lowest BCUT2D eigenvalue weighted by atomic mass is 9.87. The highest BCUT2D eigenvalue weighted by Crippen LogP contribution is 2.24. The zero-order valence-electron chi connectivity index (χ0n) is 11.2. The molecule has 0 aromatic heterocycles. The van der Waals surface area contributed by atoms with Crippen LogP contribution in [0.1, 0.15) is 39.0 Å². The van der Waals surface area contributed by atoms with E-state index in [0.717, 1.165) is 25.7 Å². The fraction of sp³-hybridized carbons (Fsp3) is 0.846. The lowest BCUT2D eigenvalue weighted by Crippen LogP contribution is -2.49. The number of amides is 2. The highest BCUT2D eigenvalue weighted by molar-refractivity contribution is 5.83. The Hall–Kier alpha value is -1.30. The van der Waals surface area contributed by atoms with E-state index in [1.807, 2.05) is 0 Å². The molecule has 2 aliphatic rings. The molecule has 19 heavy (non-hydrogen) atoms. The van der Waals surface area contributed by atoms with Crippen LogP contribution in [-0.4, -0.2) is 51.8 Å². The van der Waals surface area contributed by atoms with Gasteiger partial charge in [0.05, 0.1) is 6.10 Å². The topological polar surface area (TPSA) is 89.9 Å². The van der Waals surface area contributed by atoms with E-state index in [2.05, 4.69) is 12.2 Å². The Morgan fingerprint density at radius 3 is 2.42 bits per heavy atom. The van der Waals surface area contributed by atoms with Gasteiger partial charge in [-0.3, -0.25) is 0 Å². The number of aliphatic hydroxyl groups excluding tert-OH is 1. The summed E-state index contributed by atoms with van der Waals surface area (Å²) in [5.41, 5.74) is 0. The first-order chi connectivity index (χ1) is 8.97. The first kappa shape index (κ1) is 14.1. The van der Waals surface area contributed by atoms with Crippen LogP contribution in [0, 0.1) is 5.92 Å². The third-order valence-corrected chi connectivity index (χ3v) is 4.17. The predicted molar refractivity (Wildman–Crippen MR) is 68.7 cm³/mol. The summed E-state index contributed by atoms with van der Waals surface area (Å²) < 4.78 is 0. The van der Waals surface area contributed by atoms with E-state index < -0.39 is 18.1 Å². The van der Waals surface area contributed by atoms with Gasteiger partial charge in [0, 0.05) is 19.0 Å². The van der Waals surface area contributed by atoms with Gasteiger partial charge in [-0.15, -0.1) is 0 Å². The normalized spacial score (nSPS) is 35.2. The number of carbonyl (C=O) groups is 2. The van der Waals surface area contributed by atoms with Gasteiger partial charge in [0.2, 0.25) is 0 Å². The Labute approximate surface area is 112 Å². The number of nitrogens with zero attached hydrogens (tertiary/aromatic N) is 1. The summed E-state index contributed by atoms with van der Waals surface area (Å²) >= 11 is 0. The number of carbonyl (C=O) groups excluding carboxylic acids is 1. The molecule has 1 aliphatic carbocycles. The third kappa shape index (κ3) is 3.37. The van der Waals surface area contributed by atoms with Crippen molar-refractivity contribution in [3.63, 3.8) is 0 Å². The molecule has 2 atom stereocenters. The molecule has 1 heterocycles. The van der Waals surface area contributed by atoms with Crippen LogP contribution in [0.2, 0.25) is 0 Å². The molecule has 0 radical (unpaired) electrons. The zero-order chi connectivity index (χ0) is 14.0. The number of hydrogen-bond donors (Lipinski definition) is 3. The Kier molecular flexibility index (Phi) is 4.29. The molecule has 6 heteroatoms. The average Bonchev–Trinajstić information content (AvgIpc) is 2.74. The van der Waals surface area contributed by atoms with Crippen LogP contribution < -0.4 is 5.32 Å². The largest absolute Gasteiger partial charge is 0.480 e. The number of hydrogen-bond acceptors (Lipinski definition) is 3. The van der Waals surface area contributed by atoms with Crippen molar-refractivity contribution in [2.24, 2.45) is 5.92 Å². The van der Waals surface area contributed by atoms with E-state index in [1.165, 1.54) is 4.90 Å². The van der Waals surface area contributed by atoms with Crippen molar-refractivity contribution in [3.8, 4) is 0 Å². The minimum Gasteiger partial charge on any atom is -0.480 e. The van der Waals surface area contributed by atoms with Crippen molar-refractivity contribution in [1.82, 2.24) is 10.2 Å². The van der Waals surface area contributed by atoms with Gasteiger partial charge in [-0.2, -0.15) is 0 Å². The fourth-order valence-corrected chi connectivity index (χ4v) is 2.93. The second-order valence-corrected chi connectivity index (χ2v) is 5.80. The van der Waals surface area contributed by atoms with E-state index in [1.54, 1.807) is 0 Å². The first-order valence-corrected chi connectivity index (χ1v) is 6.95. The molecule has 1 saturated heterocycles. The number of carboxylic acid groups (broad SMARTS) is 1. The monoisotopic (exact) mass is 270 g/mol. The zero-order valence-corrected chi connectivity index (χ0v) is 11.2. The van der Waals surface area contributed by atoms with E-state index in [9.17, 15) is 14.7 Å². The Morgan fingerprint density at radius 2 is 1.84 bits per heavy atom. The van der Waals surface area contributed by atoms with Crippen LogP contribution in [-0.2, 0) is 4.79 Å². The summed E-state index contributed by atoms with van der Waals surface area (Å²) in [6.45, 7) is 2.31. The lowest BCUT2D eigenvalue weighted by Gasteiger charge is -2.30. The molecule has 3 N–H and O–H groups in total. The number of β-amino-alcohol motifs (C(OH)–C–C–N with tert-alkyl or cyclic N) is 1. The van der Waals surface area contributed by atoms with Crippen molar-refractivity contribution >= 4 is 12.0 Å². The lowest BCUT2D eigenvalue weighted by molar-refractivity contribution is -0.141. The summed E-state index contributed by atoms with van der Waals surface area (Å²) in [6.07, 6.45) is 3.46. The van der Waals surface area contributed by atoms with Crippen molar-refractivity contribution in [1.29, 1.82) is 0 Å². The van der Waals surface area contributed by atoms with E-state index in [-0.39, 0.29) is 25.0 Å². The Balaban J connectivity index is 1.90. The predicted octanol–water partition coefficient (Wildman–Crippen LogP) is 0.794.